The number of carbonyl (C=O) groups is 1. The zero-order valence-corrected chi connectivity index (χ0v) is 9.32. The molecule has 0 radical (unpaired) electrons. The van der Waals surface area contributed by atoms with Crippen molar-refractivity contribution in [3.8, 4) is 0 Å². The molecule has 78 valence electrons. The van der Waals surface area contributed by atoms with E-state index in [9.17, 15) is 4.79 Å². The Morgan fingerprint density at radius 2 is 2.15 bits per heavy atom. The van der Waals surface area contributed by atoms with Crippen molar-refractivity contribution in [2.45, 2.75) is 20.3 Å². The lowest BCUT2D eigenvalue weighted by molar-refractivity contribution is -0.145. The number of thioether (sulfide) groups is 1. The summed E-state index contributed by atoms with van der Waals surface area (Å²) >= 11 is 1.67. The maximum Gasteiger partial charge on any atom is 0.309 e. The normalized spacial score (nSPS) is 11.6. The number of carboxylic acid groups (broad SMARTS) is 1. The van der Waals surface area contributed by atoms with E-state index in [-0.39, 0.29) is 0 Å². The van der Waals surface area contributed by atoms with Crippen LogP contribution in [0.25, 0.3) is 0 Å². The fourth-order valence-corrected chi connectivity index (χ4v) is 1.79. The Morgan fingerprint density at radius 3 is 2.62 bits per heavy atom. The molecule has 0 amide bonds. The molecule has 4 heteroatoms. The molecule has 0 aliphatic carbocycles. The van der Waals surface area contributed by atoms with Gasteiger partial charge in [0.25, 0.3) is 0 Å². The van der Waals surface area contributed by atoms with E-state index >= 15 is 0 Å². The van der Waals surface area contributed by atoms with Crippen LogP contribution >= 0.6 is 11.8 Å². The summed E-state index contributed by atoms with van der Waals surface area (Å²) in [6.45, 7) is 4.25. The van der Waals surface area contributed by atoms with Crippen LogP contribution in [-0.2, 0) is 9.53 Å². The number of ether oxygens (including phenoxy) is 1. The first kappa shape index (κ1) is 12.8. The van der Waals surface area contributed by atoms with Gasteiger partial charge in [-0.25, -0.2) is 0 Å². The summed E-state index contributed by atoms with van der Waals surface area (Å²) in [5, 5.41) is 8.81. The number of hydrogen-bond donors (Lipinski definition) is 1. The van der Waals surface area contributed by atoms with Gasteiger partial charge in [-0.1, -0.05) is 0 Å². The van der Waals surface area contributed by atoms with Crippen LogP contribution in [0.15, 0.2) is 0 Å². The topological polar surface area (TPSA) is 46.5 Å². The van der Waals surface area contributed by atoms with Crippen molar-refractivity contribution in [1.29, 1.82) is 0 Å². The molecule has 3 nitrogen and oxygen atoms in total. The zero-order valence-electron chi connectivity index (χ0n) is 8.50. The quantitative estimate of drug-likeness (QED) is 0.646. The van der Waals surface area contributed by atoms with Crippen molar-refractivity contribution in [2.75, 3.05) is 25.2 Å². The van der Waals surface area contributed by atoms with Gasteiger partial charge in [0.1, 0.15) is 0 Å². The lowest BCUT2D eigenvalue weighted by Gasteiger charge is -2.17. The fourth-order valence-electron chi connectivity index (χ4n) is 0.694. The molecule has 13 heavy (non-hydrogen) atoms. The zero-order chi connectivity index (χ0) is 10.3. The molecule has 0 aromatic carbocycles. The maximum atomic E-state index is 10.7. The molecule has 1 N–H and O–H groups in total. The molecular formula is C9H18O3S. The average Bonchev–Trinajstić information content (AvgIpc) is 2.03. The molecule has 0 aliphatic heterocycles. The average molecular weight is 206 g/mol. The lowest BCUT2D eigenvalue weighted by Crippen LogP contribution is -2.26. The third kappa shape index (κ3) is 5.93. The minimum Gasteiger partial charge on any atom is -0.481 e. The Bertz CT molecular complexity index is 157. The molecule has 0 aromatic heterocycles. The fraction of sp³-hybridized carbons (Fsp3) is 0.889. The monoisotopic (exact) mass is 206 g/mol. The van der Waals surface area contributed by atoms with Gasteiger partial charge in [0.15, 0.2) is 0 Å². The molecule has 0 aliphatic rings. The van der Waals surface area contributed by atoms with Crippen molar-refractivity contribution in [1.82, 2.24) is 0 Å². The molecule has 0 atom stereocenters. The van der Waals surface area contributed by atoms with Crippen LogP contribution < -0.4 is 0 Å². The number of aliphatic carboxylic acids is 1. The predicted octanol–water partition coefficient (Wildman–Crippen LogP) is 1.87. The van der Waals surface area contributed by atoms with E-state index < -0.39 is 11.4 Å². The smallest absolute Gasteiger partial charge is 0.309 e. The summed E-state index contributed by atoms with van der Waals surface area (Å²) in [6.07, 6.45) is 0.983. The van der Waals surface area contributed by atoms with Crippen LogP contribution in [0.5, 0.6) is 0 Å². The van der Waals surface area contributed by atoms with E-state index in [4.69, 9.17) is 9.84 Å². The van der Waals surface area contributed by atoms with E-state index in [0.29, 0.717) is 5.75 Å². The highest BCUT2D eigenvalue weighted by Crippen LogP contribution is 2.22. The van der Waals surface area contributed by atoms with E-state index in [2.05, 4.69) is 0 Å². The van der Waals surface area contributed by atoms with E-state index in [0.717, 1.165) is 18.8 Å². The standard InChI is InChI=1S/C9H18O3S/c1-9(2,8(10)11)7-13-6-4-5-12-3/h4-7H2,1-3H3,(H,10,11). The predicted molar refractivity (Wildman–Crippen MR) is 55.2 cm³/mol. The first-order valence-corrected chi connectivity index (χ1v) is 5.46. The highest BCUT2D eigenvalue weighted by Gasteiger charge is 2.26. The molecule has 0 saturated heterocycles. The van der Waals surface area contributed by atoms with Crippen LogP contribution in [0.2, 0.25) is 0 Å². The third-order valence-corrected chi connectivity index (χ3v) is 3.18. The molecule has 0 saturated carbocycles. The Kier molecular flexibility index (Phi) is 6.16. The van der Waals surface area contributed by atoms with E-state index in [1.54, 1.807) is 32.7 Å². The van der Waals surface area contributed by atoms with Gasteiger partial charge in [-0.05, 0) is 26.0 Å². The summed E-state index contributed by atoms with van der Waals surface area (Å²) in [5.74, 6) is 0.892. The Labute approximate surface area is 83.9 Å². The molecule has 0 aromatic rings. The highest BCUT2D eigenvalue weighted by atomic mass is 32.2. The minimum absolute atomic E-state index is 0.613. The highest BCUT2D eigenvalue weighted by molar-refractivity contribution is 7.99. The summed E-state index contributed by atoms with van der Waals surface area (Å²) in [7, 11) is 1.67. The summed E-state index contributed by atoms with van der Waals surface area (Å²) < 4.78 is 4.89. The summed E-state index contributed by atoms with van der Waals surface area (Å²) in [4.78, 5) is 10.7. The van der Waals surface area contributed by atoms with Crippen molar-refractivity contribution in [2.24, 2.45) is 5.41 Å². The van der Waals surface area contributed by atoms with Gasteiger partial charge in [-0.15, -0.1) is 0 Å². The minimum atomic E-state index is -0.730. The van der Waals surface area contributed by atoms with Crippen LogP contribution in [-0.4, -0.2) is 36.3 Å². The number of carboxylic acids is 1. The lowest BCUT2D eigenvalue weighted by atomic mass is 9.97. The van der Waals surface area contributed by atoms with E-state index in [1.807, 2.05) is 0 Å². The van der Waals surface area contributed by atoms with Crippen LogP contribution in [0.3, 0.4) is 0 Å². The van der Waals surface area contributed by atoms with Crippen LogP contribution in [0.1, 0.15) is 20.3 Å². The molecular weight excluding hydrogens is 188 g/mol. The summed E-state index contributed by atoms with van der Waals surface area (Å²) in [6, 6.07) is 0. The van der Waals surface area contributed by atoms with Crippen LogP contribution in [0, 0.1) is 5.41 Å². The van der Waals surface area contributed by atoms with Crippen molar-refractivity contribution in [3.05, 3.63) is 0 Å². The molecule has 0 fully saturated rings. The number of rotatable bonds is 7. The molecule has 0 heterocycles. The SMILES string of the molecule is COCCCSCC(C)(C)C(=O)O. The first-order chi connectivity index (χ1) is 6.00. The van der Waals surface area contributed by atoms with Crippen molar-refractivity contribution < 1.29 is 14.6 Å². The number of hydrogen-bond acceptors (Lipinski definition) is 3. The molecule has 0 spiro atoms. The van der Waals surface area contributed by atoms with Gasteiger partial charge >= 0.3 is 5.97 Å². The van der Waals surface area contributed by atoms with Crippen molar-refractivity contribution in [3.63, 3.8) is 0 Å². The summed E-state index contributed by atoms with van der Waals surface area (Å²) in [5.41, 5.74) is -0.613. The van der Waals surface area contributed by atoms with Gasteiger partial charge in [-0.3, -0.25) is 4.79 Å². The van der Waals surface area contributed by atoms with Gasteiger partial charge in [0, 0.05) is 19.5 Å². The van der Waals surface area contributed by atoms with Crippen LogP contribution in [0.4, 0.5) is 0 Å². The van der Waals surface area contributed by atoms with E-state index in [1.165, 1.54) is 0 Å². The molecule has 0 unspecified atom stereocenters. The van der Waals surface area contributed by atoms with Crippen molar-refractivity contribution >= 4 is 17.7 Å². The van der Waals surface area contributed by atoms with Gasteiger partial charge in [0.05, 0.1) is 5.41 Å². The number of methoxy groups -OCH3 is 1. The second-order valence-corrected chi connectivity index (χ2v) is 4.69. The maximum absolute atomic E-state index is 10.7. The van der Waals surface area contributed by atoms with Gasteiger partial charge < -0.3 is 9.84 Å². The Morgan fingerprint density at radius 1 is 1.54 bits per heavy atom. The Balaban J connectivity index is 3.46. The second-order valence-electron chi connectivity index (χ2n) is 3.59. The Hall–Kier alpha value is -0.220. The van der Waals surface area contributed by atoms with Gasteiger partial charge in [0.2, 0.25) is 0 Å². The largest absolute Gasteiger partial charge is 0.481 e. The third-order valence-electron chi connectivity index (χ3n) is 1.68. The van der Waals surface area contributed by atoms with Gasteiger partial charge in [-0.2, -0.15) is 11.8 Å². The molecule has 0 bridgehead atoms. The second kappa shape index (κ2) is 6.27. The first-order valence-electron chi connectivity index (χ1n) is 4.31. The molecule has 0 rings (SSSR count).